The molecule has 1 aromatic heterocycles. The number of amides is 1. The average Bonchev–Trinajstić information content (AvgIpc) is 2.53. The van der Waals surface area contributed by atoms with E-state index >= 15 is 0 Å². The predicted molar refractivity (Wildman–Crippen MR) is 56.5 cm³/mol. The SMILES string of the molecule is Cc1nc(CNC(=O)C(C)(N)C(F)(F)F)oc1C. The highest BCUT2D eigenvalue weighted by molar-refractivity contribution is 5.86. The van der Waals surface area contributed by atoms with Gasteiger partial charge in [-0.1, -0.05) is 0 Å². The topological polar surface area (TPSA) is 81.2 Å². The van der Waals surface area contributed by atoms with Gasteiger partial charge >= 0.3 is 6.18 Å². The van der Waals surface area contributed by atoms with Crippen LogP contribution >= 0.6 is 0 Å². The van der Waals surface area contributed by atoms with Crippen LogP contribution in [0, 0.1) is 13.8 Å². The summed E-state index contributed by atoms with van der Waals surface area (Å²) in [6.07, 6.45) is -4.82. The van der Waals surface area contributed by atoms with E-state index in [-0.39, 0.29) is 12.4 Å². The van der Waals surface area contributed by atoms with E-state index in [9.17, 15) is 18.0 Å². The van der Waals surface area contributed by atoms with Crippen molar-refractivity contribution in [1.82, 2.24) is 10.3 Å². The van der Waals surface area contributed by atoms with Crippen molar-refractivity contribution >= 4 is 5.91 Å². The zero-order valence-corrected chi connectivity index (χ0v) is 10.2. The van der Waals surface area contributed by atoms with E-state index in [2.05, 4.69) is 4.98 Å². The van der Waals surface area contributed by atoms with Gasteiger partial charge in [-0.25, -0.2) is 4.98 Å². The van der Waals surface area contributed by atoms with Crippen LogP contribution in [0.5, 0.6) is 0 Å². The van der Waals surface area contributed by atoms with Crippen molar-refractivity contribution in [2.45, 2.75) is 39.0 Å². The van der Waals surface area contributed by atoms with E-state index in [1.807, 2.05) is 5.32 Å². The largest absolute Gasteiger partial charge is 0.444 e. The number of halogens is 3. The van der Waals surface area contributed by atoms with E-state index < -0.39 is 17.6 Å². The second-order valence-corrected chi connectivity index (χ2v) is 4.13. The Morgan fingerprint density at radius 1 is 1.44 bits per heavy atom. The van der Waals surface area contributed by atoms with Crippen LogP contribution in [0.25, 0.3) is 0 Å². The zero-order valence-electron chi connectivity index (χ0n) is 10.2. The maximum atomic E-state index is 12.5. The third kappa shape index (κ3) is 2.81. The number of aromatic nitrogens is 1. The summed E-state index contributed by atoms with van der Waals surface area (Å²) in [4.78, 5) is 15.3. The molecule has 0 aliphatic carbocycles. The second kappa shape index (κ2) is 4.60. The Kier molecular flexibility index (Phi) is 3.70. The fourth-order valence-corrected chi connectivity index (χ4v) is 1.08. The van der Waals surface area contributed by atoms with Gasteiger partial charge in [-0.05, 0) is 20.8 Å². The maximum absolute atomic E-state index is 12.5. The number of rotatable bonds is 3. The molecule has 1 atom stereocenters. The molecule has 102 valence electrons. The van der Waals surface area contributed by atoms with Gasteiger partial charge in [0.25, 0.3) is 0 Å². The Hall–Kier alpha value is -1.57. The number of oxazole rings is 1. The van der Waals surface area contributed by atoms with Crippen molar-refractivity contribution in [1.29, 1.82) is 0 Å². The first-order valence-electron chi connectivity index (χ1n) is 5.12. The minimum Gasteiger partial charge on any atom is -0.444 e. The first-order valence-corrected chi connectivity index (χ1v) is 5.12. The molecule has 0 aliphatic heterocycles. The number of aryl methyl sites for hydroxylation is 2. The molecule has 18 heavy (non-hydrogen) atoms. The van der Waals surface area contributed by atoms with Crippen LogP contribution in [0.4, 0.5) is 13.2 Å². The number of hydrogen-bond acceptors (Lipinski definition) is 4. The van der Waals surface area contributed by atoms with Crippen molar-refractivity contribution in [2.24, 2.45) is 5.73 Å². The quantitative estimate of drug-likeness (QED) is 0.860. The predicted octanol–water partition coefficient (Wildman–Crippen LogP) is 1.19. The lowest BCUT2D eigenvalue weighted by Crippen LogP contribution is -2.61. The number of nitrogens with two attached hydrogens (primary N) is 1. The summed E-state index contributed by atoms with van der Waals surface area (Å²) in [5.74, 6) is -0.648. The summed E-state index contributed by atoms with van der Waals surface area (Å²) in [5, 5.41) is 2.05. The minimum absolute atomic E-state index is 0.135. The molecule has 1 heterocycles. The molecule has 0 radical (unpaired) electrons. The zero-order chi connectivity index (χ0) is 14.1. The highest BCUT2D eigenvalue weighted by Gasteiger charge is 2.53. The van der Waals surface area contributed by atoms with Gasteiger partial charge < -0.3 is 15.5 Å². The summed E-state index contributed by atoms with van der Waals surface area (Å²) in [6.45, 7) is 3.72. The molecule has 0 fully saturated rings. The van der Waals surface area contributed by atoms with Gasteiger partial charge in [0.2, 0.25) is 11.8 Å². The first kappa shape index (κ1) is 14.5. The Labute approximate surface area is 102 Å². The van der Waals surface area contributed by atoms with Crippen LogP contribution in [0.2, 0.25) is 0 Å². The number of carbonyl (C=O) groups is 1. The fraction of sp³-hybridized carbons (Fsp3) is 0.600. The van der Waals surface area contributed by atoms with E-state index in [4.69, 9.17) is 10.2 Å². The molecule has 8 heteroatoms. The van der Waals surface area contributed by atoms with Crippen LogP contribution in [0.3, 0.4) is 0 Å². The molecule has 1 amide bonds. The van der Waals surface area contributed by atoms with Gasteiger partial charge in [0, 0.05) is 0 Å². The molecule has 3 N–H and O–H groups in total. The molecule has 0 aromatic carbocycles. The second-order valence-electron chi connectivity index (χ2n) is 4.13. The third-order valence-corrected chi connectivity index (χ3v) is 2.53. The number of nitrogens with zero attached hydrogens (tertiary/aromatic N) is 1. The molecule has 0 saturated carbocycles. The molecule has 0 spiro atoms. The molecule has 0 aliphatic rings. The van der Waals surface area contributed by atoms with Crippen LogP contribution in [-0.4, -0.2) is 22.6 Å². The smallest absolute Gasteiger partial charge is 0.415 e. The normalized spacial score (nSPS) is 15.3. The summed E-state index contributed by atoms with van der Waals surface area (Å²) in [5.41, 5.74) is 2.62. The Balaban J connectivity index is 2.67. The third-order valence-electron chi connectivity index (χ3n) is 2.53. The van der Waals surface area contributed by atoms with Gasteiger partial charge in [0.05, 0.1) is 12.2 Å². The Bertz CT molecular complexity index is 432. The number of carbonyl (C=O) groups excluding carboxylic acids is 1. The van der Waals surface area contributed by atoms with Gasteiger partial charge in [0.15, 0.2) is 5.54 Å². The number of nitrogens with one attached hydrogen (secondary N) is 1. The van der Waals surface area contributed by atoms with Gasteiger partial charge in [0.1, 0.15) is 5.76 Å². The Morgan fingerprint density at radius 2 is 2.00 bits per heavy atom. The van der Waals surface area contributed by atoms with E-state index in [0.717, 1.165) is 0 Å². The average molecular weight is 265 g/mol. The summed E-state index contributed by atoms with van der Waals surface area (Å²) in [7, 11) is 0. The lowest BCUT2D eigenvalue weighted by Gasteiger charge is -2.25. The molecule has 5 nitrogen and oxygen atoms in total. The van der Waals surface area contributed by atoms with E-state index in [1.165, 1.54) is 0 Å². The number of alkyl halides is 3. The summed E-state index contributed by atoms with van der Waals surface area (Å²) in [6, 6.07) is 0. The molecule has 1 unspecified atom stereocenters. The van der Waals surface area contributed by atoms with Crippen LogP contribution in [0.15, 0.2) is 4.42 Å². The highest BCUT2D eigenvalue weighted by atomic mass is 19.4. The van der Waals surface area contributed by atoms with Crippen molar-refractivity contribution in [3.63, 3.8) is 0 Å². The maximum Gasteiger partial charge on any atom is 0.415 e. The Morgan fingerprint density at radius 3 is 2.39 bits per heavy atom. The molecule has 0 bridgehead atoms. The summed E-state index contributed by atoms with van der Waals surface area (Å²) < 4.78 is 42.5. The van der Waals surface area contributed by atoms with Gasteiger partial charge in [-0.2, -0.15) is 13.2 Å². The minimum atomic E-state index is -4.82. The molecular weight excluding hydrogens is 251 g/mol. The van der Waals surface area contributed by atoms with Gasteiger partial charge in [-0.15, -0.1) is 0 Å². The molecule has 1 rings (SSSR count). The molecule has 1 aromatic rings. The molecule has 0 saturated heterocycles. The molecular formula is C10H14F3N3O2. The van der Waals surface area contributed by atoms with Crippen LogP contribution < -0.4 is 11.1 Å². The summed E-state index contributed by atoms with van der Waals surface area (Å²) >= 11 is 0. The lowest BCUT2D eigenvalue weighted by molar-refractivity contribution is -0.187. The van der Waals surface area contributed by atoms with Crippen molar-refractivity contribution < 1.29 is 22.4 Å². The van der Waals surface area contributed by atoms with Crippen LogP contribution in [0.1, 0.15) is 24.3 Å². The highest BCUT2D eigenvalue weighted by Crippen LogP contribution is 2.27. The first-order chi connectivity index (χ1) is 8.05. The van der Waals surface area contributed by atoms with E-state index in [0.29, 0.717) is 18.4 Å². The van der Waals surface area contributed by atoms with Crippen molar-refractivity contribution in [2.75, 3.05) is 0 Å². The monoisotopic (exact) mass is 265 g/mol. The van der Waals surface area contributed by atoms with E-state index in [1.54, 1.807) is 13.8 Å². The standard InChI is InChI=1S/C10H14F3N3O2/c1-5-6(2)18-7(16-5)4-15-8(17)9(3,14)10(11,12)13/h4,14H2,1-3H3,(H,15,17). The van der Waals surface area contributed by atoms with Crippen molar-refractivity contribution in [3.05, 3.63) is 17.3 Å². The lowest BCUT2D eigenvalue weighted by atomic mass is 10.0. The van der Waals surface area contributed by atoms with Gasteiger partial charge in [-0.3, -0.25) is 4.79 Å². The fourth-order valence-electron chi connectivity index (χ4n) is 1.08. The van der Waals surface area contributed by atoms with Crippen LogP contribution in [-0.2, 0) is 11.3 Å². The van der Waals surface area contributed by atoms with Crippen molar-refractivity contribution in [3.8, 4) is 0 Å². The number of hydrogen-bond donors (Lipinski definition) is 2.